The minimum atomic E-state index is -4.76. The van der Waals surface area contributed by atoms with Crippen LogP contribution in [0.2, 0.25) is 5.02 Å². The zero-order chi connectivity index (χ0) is 28.0. The largest absolute Gasteiger partial charge is 0.457 e. The lowest BCUT2D eigenvalue weighted by molar-refractivity contribution is -0.384. The number of aryl methyl sites for hydroxylation is 1. The molecule has 1 N–H and O–H groups in total. The van der Waals surface area contributed by atoms with Gasteiger partial charge in [-0.1, -0.05) is 32.4 Å². The predicted octanol–water partition coefficient (Wildman–Crippen LogP) is 6.96. The summed E-state index contributed by atoms with van der Waals surface area (Å²) in [4.78, 5) is 28.0. The molecule has 2 aromatic carbocycles. The van der Waals surface area contributed by atoms with Gasteiger partial charge in [-0.2, -0.15) is 18.3 Å². The summed E-state index contributed by atoms with van der Waals surface area (Å²) in [5.74, 6) is -0.498. The Morgan fingerprint density at radius 2 is 1.79 bits per heavy atom. The number of aromatic nitrogens is 3. The molecule has 38 heavy (non-hydrogen) atoms. The fourth-order valence-electron chi connectivity index (χ4n) is 3.50. The van der Waals surface area contributed by atoms with Gasteiger partial charge >= 0.3 is 6.18 Å². The molecule has 4 aromatic rings. The van der Waals surface area contributed by atoms with Crippen LogP contribution < -0.4 is 10.1 Å². The van der Waals surface area contributed by atoms with E-state index in [2.05, 4.69) is 15.4 Å². The number of amides is 1. The van der Waals surface area contributed by atoms with Gasteiger partial charge in [0.05, 0.1) is 22.4 Å². The first kappa shape index (κ1) is 26.9. The van der Waals surface area contributed by atoms with Crippen molar-refractivity contribution in [3.63, 3.8) is 0 Å². The van der Waals surface area contributed by atoms with Gasteiger partial charge in [0.1, 0.15) is 17.2 Å². The third-order valence-corrected chi connectivity index (χ3v) is 5.87. The van der Waals surface area contributed by atoms with Crippen LogP contribution in [-0.4, -0.2) is 25.4 Å². The summed E-state index contributed by atoms with van der Waals surface area (Å²) >= 11 is 6.02. The quantitative estimate of drug-likeness (QED) is 0.213. The number of hydrogen-bond donors (Lipinski definition) is 1. The van der Waals surface area contributed by atoms with Gasteiger partial charge in [0, 0.05) is 28.6 Å². The number of rotatable bonds is 5. The Morgan fingerprint density at radius 1 is 1.08 bits per heavy atom. The van der Waals surface area contributed by atoms with E-state index >= 15 is 0 Å². The molecule has 2 heterocycles. The fourth-order valence-corrected chi connectivity index (χ4v) is 3.62. The van der Waals surface area contributed by atoms with E-state index in [1.165, 1.54) is 6.07 Å². The number of alkyl halides is 3. The Balaban J connectivity index is 1.69. The average Bonchev–Trinajstić information content (AvgIpc) is 3.24. The maximum Gasteiger partial charge on any atom is 0.433 e. The van der Waals surface area contributed by atoms with Crippen LogP contribution in [0.25, 0.3) is 5.65 Å². The maximum atomic E-state index is 13.8. The number of nitrogens with one attached hydrogen (secondary N) is 1. The first-order chi connectivity index (χ1) is 17.6. The number of non-ortho nitro benzene ring substituents is 1. The summed E-state index contributed by atoms with van der Waals surface area (Å²) in [6.07, 6.45) is -4.76. The smallest absolute Gasteiger partial charge is 0.433 e. The van der Waals surface area contributed by atoms with E-state index in [1.807, 2.05) is 0 Å². The van der Waals surface area contributed by atoms with Crippen LogP contribution in [-0.2, 0) is 11.6 Å². The number of carbonyl (C=O) groups excluding carboxylic acids is 1. The van der Waals surface area contributed by atoms with Gasteiger partial charge in [-0.25, -0.2) is 9.50 Å². The highest BCUT2D eigenvalue weighted by atomic mass is 35.5. The number of hydrogen-bond acceptors (Lipinski definition) is 6. The number of halogens is 4. The standard InChI is InChI=1S/C25H21ClF3N5O4/c1-13-7-16(5-6-18(13)26)38-17-9-14(8-15(10-17)34(36)37)30-23(35)19-11-22-31-20(24(2,3)4)12-21(25(27,28)29)33(22)32-19/h5-12H,1-4H3,(H,30,35). The zero-order valence-electron chi connectivity index (χ0n) is 20.6. The second-order valence-corrected chi connectivity index (χ2v) is 9.92. The molecule has 0 aliphatic heterocycles. The summed E-state index contributed by atoms with van der Waals surface area (Å²) < 4.78 is 47.5. The van der Waals surface area contributed by atoms with Crippen molar-refractivity contribution >= 4 is 34.5 Å². The van der Waals surface area contributed by atoms with E-state index in [-0.39, 0.29) is 34.2 Å². The molecular formula is C25H21ClF3N5O4. The van der Waals surface area contributed by atoms with Crippen LogP contribution >= 0.6 is 11.6 Å². The van der Waals surface area contributed by atoms with Crippen molar-refractivity contribution in [3.8, 4) is 11.5 Å². The lowest BCUT2D eigenvalue weighted by Gasteiger charge is -2.19. The van der Waals surface area contributed by atoms with Gasteiger partial charge in [-0.05, 0) is 36.8 Å². The van der Waals surface area contributed by atoms with Crippen LogP contribution in [0.1, 0.15) is 48.2 Å². The number of nitro benzene ring substituents is 1. The number of fused-ring (bicyclic) bond motifs is 1. The number of anilines is 1. The van der Waals surface area contributed by atoms with Gasteiger partial charge in [-0.3, -0.25) is 14.9 Å². The lowest BCUT2D eigenvalue weighted by atomic mass is 9.91. The summed E-state index contributed by atoms with van der Waals surface area (Å²) in [5.41, 5.74) is -1.84. The maximum absolute atomic E-state index is 13.8. The lowest BCUT2D eigenvalue weighted by Crippen LogP contribution is -2.20. The third-order valence-electron chi connectivity index (χ3n) is 5.44. The van der Waals surface area contributed by atoms with Crippen molar-refractivity contribution in [1.82, 2.24) is 14.6 Å². The molecule has 13 heteroatoms. The number of benzene rings is 2. The molecule has 0 bridgehead atoms. The molecule has 9 nitrogen and oxygen atoms in total. The normalized spacial score (nSPS) is 12.0. The minimum absolute atomic E-state index is 0.0265. The molecule has 0 aliphatic carbocycles. The Kier molecular flexibility index (Phi) is 6.79. The molecule has 0 fully saturated rings. The highest BCUT2D eigenvalue weighted by molar-refractivity contribution is 6.31. The van der Waals surface area contributed by atoms with E-state index in [0.29, 0.717) is 15.3 Å². The molecule has 0 spiro atoms. The van der Waals surface area contributed by atoms with Crippen LogP contribution in [0.5, 0.6) is 11.5 Å². The topological polar surface area (TPSA) is 112 Å². The van der Waals surface area contributed by atoms with Gasteiger partial charge in [-0.15, -0.1) is 0 Å². The Bertz CT molecular complexity index is 1580. The molecule has 0 atom stereocenters. The second-order valence-electron chi connectivity index (χ2n) is 9.51. The summed E-state index contributed by atoms with van der Waals surface area (Å²) in [6, 6.07) is 10.4. The monoisotopic (exact) mass is 547 g/mol. The number of nitro groups is 1. The second kappa shape index (κ2) is 9.60. The molecular weight excluding hydrogens is 527 g/mol. The SMILES string of the molecule is Cc1cc(Oc2cc(NC(=O)c3cc4nc(C(C)(C)C)cc(C(F)(F)F)n4n3)cc([N+](=O)[O-])c2)ccc1Cl. The molecule has 0 aliphatic rings. The van der Waals surface area contributed by atoms with E-state index in [9.17, 15) is 28.1 Å². The van der Waals surface area contributed by atoms with E-state index < -0.39 is 28.1 Å². The van der Waals surface area contributed by atoms with Gasteiger partial charge in [0.2, 0.25) is 0 Å². The zero-order valence-corrected chi connectivity index (χ0v) is 21.3. The molecule has 1 amide bonds. The minimum Gasteiger partial charge on any atom is -0.457 e. The highest BCUT2D eigenvalue weighted by Crippen LogP contribution is 2.34. The van der Waals surface area contributed by atoms with E-state index in [0.717, 1.165) is 29.8 Å². The predicted molar refractivity (Wildman–Crippen MR) is 134 cm³/mol. The summed E-state index contributed by atoms with van der Waals surface area (Å²) in [5, 5.41) is 18.2. The van der Waals surface area contributed by atoms with Gasteiger partial charge in [0.25, 0.3) is 11.6 Å². The van der Waals surface area contributed by atoms with Crippen LogP contribution in [0.15, 0.2) is 48.5 Å². The van der Waals surface area contributed by atoms with Crippen LogP contribution in [0.3, 0.4) is 0 Å². The highest BCUT2D eigenvalue weighted by Gasteiger charge is 2.36. The van der Waals surface area contributed by atoms with Crippen molar-refractivity contribution in [1.29, 1.82) is 0 Å². The van der Waals surface area contributed by atoms with Crippen molar-refractivity contribution in [2.75, 3.05) is 5.32 Å². The first-order valence-corrected chi connectivity index (χ1v) is 11.5. The molecule has 2 aromatic heterocycles. The summed E-state index contributed by atoms with van der Waals surface area (Å²) in [7, 11) is 0. The Morgan fingerprint density at radius 3 is 2.39 bits per heavy atom. The number of carbonyl (C=O) groups is 1. The molecule has 0 saturated heterocycles. The molecule has 0 radical (unpaired) electrons. The van der Waals surface area contributed by atoms with E-state index in [1.54, 1.807) is 45.9 Å². The Hall–Kier alpha value is -4.19. The van der Waals surface area contributed by atoms with Gasteiger partial charge < -0.3 is 10.1 Å². The Labute approximate surface area is 219 Å². The van der Waals surface area contributed by atoms with Crippen molar-refractivity contribution in [2.24, 2.45) is 0 Å². The van der Waals surface area contributed by atoms with Crippen molar-refractivity contribution in [3.05, 3.63) is 86.3 Å². The van der Waals surface area contributed by atoms with Crippen LogP contribution in [0, 0.1) is 17.0 Å². The van der Waals surface area contributed by atoms with E-state index in [4.69, 9.17) is 16.3 Å². The van der Waals surface area contributed by atoms with Crippen molar-refractivity contribution < 1.29 is 27.6 Å². The molecule has 0 saturated carbocycles. The van der Waals surface area contributed by atoms with Crippen molar-refractivity contribution in [2.45, 2.75) is 39.3 Å². The number of nitrogens with zero attached hydrogens (tertiary/aromatic N) is 4. The molecule has 0 unspecified atom stereocenters. The third kappa shape index (κ3) is 5.70. The fraction of sp³-hybridized carbons (Fsp3) is 0.240. The first-order valence-electron chi connectivity index (χ1n) is 11.1. The van der Waals surface area contributed by atoms with Gasteiger partial charge in [0.15, 0.2) is 11.3 Å². The average molecular weight is 548 g/mol. The molecule has 4 rings (SSSR count). The molecule has 198 valence electrons. The number of ether oxygens (including phenoxy) is 1. The van der Waals surface area contributed by atoms with Crippen LogP contribution in [0.4, 0.5) is 24.5 Å². The summed E-state index contributed by atoms with van der Waals surface area (Å²) in [6.45, 7) is 6.89.